The standard InChI is InChI=1S/C18H20N2O4/c1-22-15-5-3-2-4-13(15)11-20-18(21)12-19-14-6-7-16-17(10-14)24-9-8-23-16/h2-7,10,19H,8-9,11-12H2,1H3,(H,20,21). The van der Waals surface area contributed by atoms with E-state index in [1.807, 2.05) is 42.5 Å². The zero-order valence-corrected chi connectivity index (χ0v) is 13.5. The van der Waals surface area contributed by atoms with E-state index in [0.29, 0.717) is 25.5 Å². The Labute approximate surface area is 140 Å². The number of para-hydroxylation sites is 1. The molecule has 2 N–H and O–H groups in total. The predicted molar refractivity (Wildman–Crippen MR) is 90.8 cm³/mol. The van der Waals surface area contributed by atoms with Crippen LogP contribution < -0.4 is 24.8 Å². The van der Waals surface area contributed by atoms with Crippen LogP contribution in [0.15, 0.2) is 42.5 Å². The first-order valence-electron chi connectivity index (χ1n) is 7.78. The molecule has 1 amide bonds. The molecule has 0 aromatic heterocycles. The van der Waals surface area contributed by atoms with Crippen molar-refractivity contribution in [2.75, 3.05) is 32.2 Å². The van der Waals surface area contributed by atoms with E-state index in [0.717, 1.165) is 22.7 Å². The Hall–Kier alpha value is -2.89. The van der Waals surface area contributed by atoms with Crippen molar-refractivity contribution >= 4 is 11.6 Å². The molecule has 0 atom stereocenters. The molecule has 0 saturated carbocycles. The molecule has 0 saturated heterocycles. The first-order chi connectivity index (χ1) is 11.8. The number of anilines is 1. The van der Waals surface area contributed by atoms with Crippen LogP contribution in [0, 0.1) is 0 Å². The van der Waals surface area contributed by atoms with E-state index in [9.17, 15) is 4.79 Å². The van der Waals surface area contributed by atoms with Gasteiger partial charge < -0.3 is 24.8 Å². The highest BCUT2D eigenvalue weighted by atomic mass is 16.6. The first kappa shape index (κ1) is 16.0. The Bertz CT molecular complexity index is 718. The number of methoxy groups -OCH3 is 1. The van der Waals surface area contributed by atoms with E-state index >= 15 is 0 Å². The molecule has 6 nitrogen and oxygen atoms in total. The second-order valence-corrected chi connectivity index (χ2v) is 5.30. The van der Waals surface area contributed by atoms with E-state index in [2.05, 4.69) is 10.6 Å². The lowest BCUT2D eigenvalue weighted by atomic mass is 10.2. The molecule has 1 aliphatic rings. The van der Waals surface area contributed by atoms with Crippen molar-refractivity contribution in [3.8, 4) is 17.2 Å². The van der Waals surface area contributed by atoms with Crippen molar-refractivity contribution in [1.29, 1.82) is 0 Å². The minimum atomic E-state index is -0.101. The Morgan fingerprint density at radius 3 is 2.75 bits per heavy atom. The SMILES string of the molecule is COc1ccccc1CNC(=O)CNc1ccc2c(c1)OCCO2. The number of rotatable bonds is 6. The number of hydrogen-bond donors (Lipinski definition) is 2. The third-order valence-corrected chi connectivity index (χ3v) is 3.66. The number of nitrogens with one attached hydrogen (secondary N) is 2. The number of carbonyl (C=O) groups excluding carboxylic acids is 1. The van der Waals surface area contributed by atoms with Crippen LogP contribution >= 0.6 is 0 Å². The topological polar surface area (TPSA) is 68.8 Å². The van der Waals surface area contributed by atoms with Gasteiger partial charge in [-0.3, -0.25) is 4.79 Å². The van der Waals surface area contributed by atoms with Crippen molar-refractivity contribution in [3.63, 3.8) is 0 Å². The molecule has 0 radical (unpaired) electrons. The van der Waals surface area contributed by atoms with Crippen molar-refractivity contribution in [2.45, 2.75) is 6.54 Å². The van der Waals surface area contributed by atoms with Crippen LogP contribution in [0.2, 0.25) is 0 Å². The average molecular weight is 328 g/mol. The average Bonchev–Trinajstić information content (AvgIpc) is 2.64. The van der Waals surface area contributed by atoms with Crippen molar-refractivity contribution in [3.05, 3.63) is 48.0 Å². The summed E-state index contributed by atoms with van der Waals surface area (Å²) >= 11 is 0. The third kappa shape index (κ3) is 3.90. The van der Waals surface area contributed by atoms with Crippen molar-refractivity contribution in [2.24, 2.45) is 0 Å². The van der Waals surface area contributed by atoms with Gasteiger partial charge in [0.15, 0.2) is 11.5 Å². The lowest BCUT2D eigenvalue weighted by Gasteiger charge is -2.19. The summed E-state index contributed by atoms with van der Waals surface area (Å²) in [6.07, 6.45) is 0. The van der Waals surface area contributed by atoms with Crippen LogP contribution in [0.4, 0.5) is 5.69 Å². The summed E-state index contributed by atoms with van der Waals surface area (Å²) in [5.41, 5.74) is 1.75. The van der Waals surface area contributed by atoms with E-state index in [1.54, 1.807) is 7.11 Å². The zero-order chi connectivity index (χ0) is 16.8. The molecule has 1 aliphatic heterocycles. The molecule has 0 aliphatic carbocycles. The highest BCUT2D eigenvalue weighted by molar-refractivity contribution is 5.80. The predicted octanol–water partition coefficient (Wildman–Crippen LogP) is 2.19. The molecule has 126 valence electrons. The number of hydrogen-bond acceptors (Lipinski definition) is 5. The fraction of sp³-hybridized carbons (Fsp3) is 0.278. The van der Waals surface area contributed by atoms with Crippen molar-refractivity contribution < 1.29 is 19.0 Å². The van der Waals surface area contributed by atoms with Gasteiger partial charge in [0.05, 0.1) is 13.7 Å². The molecule has 2 aromatic carbocycles. The van der Waals surface area contributed by atoms with Gasteiger partial charge in [-0.05, 0) is 18.2 Å². The van der Waals surface area contributed by atoms with Gasteiger partial charge >= 0.3 is 0 Å². The van der Waals surface area contributed by atoms with Gasteiger partial charge in [-0.25, -0.2) is 0 Å². The lowest BCUT2D eigenvalue weighted by Crippen LogP contribution is -2.29. The van der Waals surface area contributed by atoms with Crippen LogP contribution in [0.25, 0.3) is 0 Å². The lowest BCUT2D eigenvalue weighted by molar-refractivity contribution is -0.119. The van der Waals surface area contributed by atoms with Gasteiger partial charge in [-0.15, -0.1) is 0 Å². The summed E-state index contributed by atoms with van der Waals surface area (Å²) in [6, 6.07) is 13.1. The highest BCUT2D eigenvalue weighted by Gasteiger charge is 2.12. The van der Waals surface area contributed by atoms with E-state index in [4.69, 9.17) is 14.2 Å². The maximum atomic E-state index is 12.0. The molecule has 24 heavy (non-hydrogen) atoms. The van der Waals surface area contributed by atoms with E-state index < -0.39 is 0 Å². The zero-order valence-electron chi connectivity index (χ0n) is 13.5. The van der Waals surface area contributed by atoms with Gasteiger partial charge in [-0.1, -0.05) is 18.2 Å². The van der Waals surface area contributed by atoms with Gasteiger partial charge in [0, 0.05) is 23.9 Å². The molecule has 0 fully saturated rings. The van der Waals surface area contributed by atoms with E-state index in [1.165, 1.54) is 0 Å². The summed E-state index contributed by atoms with van der Waals surface area (Å²) in [5, 5.41) is 5.95. The minimum absolute atomic E-state index is 0.101. The summed E-state index contributed by atoms with van der Waals surface area (Å²) in [7, 11) is 1.62. The largest absolute Gasteiger partial charge is 0.496 e. The summed E-state index contributed by atoms with van der Waals surface area (Å²) in [4.78, 5) is 12.0. The third-order valence-electron chi connectivity index (χ3n) is 3.66. The second-order valence-electron chi connectivity index (χ2n) is 5.30. The van der Waals surface area contributed by atoms with Gasteiger partial charge in [-0.2, -0.15) is 0 Å². The molecule has 1 heterocycles. The first-order valence-corrected chi connectivity index (χ1v) is 7.78. The normalized spacial score (nSPS) is 12.4. The number of fused-ring (bicyclic) bond motifs is 1. The monoisotopic (exact) mass is 328 g/mol. The molecule has 0 unspecified atom stereocenters. The molecule has 3 rings (SSSR count). The van der Waals surface area contributed by atoms with Crippen LogP contribution in [0.3, 0.4) is 0 Å². The van der Waals surface area contributed by atoms with Crippen LogP contribution in [0.1, 0.15) is 5.56 Å². The van der Waals surface area contributed by atoms with Gasteiger partial charge in [0.1, 0.15) is 19.0 Å². The molecular formula is C18H20N2O4. The minimum Gasteiger partial charge on any atom is -0.496 e. The van der Waals surface area contributed by atoms with Crippen LogP contribution in [0.5, 0.6) is 17.2 Å². The summed E-state index contributed by atoms with van der Waals surface area (Å²) in [5.74, 6) is 2.08. The number of amides is 1. The smallest absolute Gasteiger partial charge is 0.239 e. The Morgan fingerprint density at radius 2 is 1.92 bits per heavy atom. The van der Waals surface area contributed by atoms with Gasteiger partial charge in [0.2, 0.25) is 5.91 Å². The maximum Gasteiger partial charge on any atom is 0.239 e. The van der Waals surface area contributed by atoms with Crippen LogP contribution in [-0.4, -0.2) is 32.8 Å². The molecule has 2 aromatic rings. The number of benzene rings is 2. The number of carbonyl (C=O) groups is 1. The fourth-order valence-corrected chi connectivity index (χ4v) is 2.44. The molecular weight excluding hydrogens is 308 g/mol. The molecule has 0 spiro atoms. The summed E-state index contributed by atoms with van der Waals surface area (Å²) < 4.78 is 16.3. The quantitative estimate of drug-likeness (QED) is 0.851. The van der Waals surface area contributed by atoms with Gasteiger partial charge in [0.25, 0.3) is 0 Å². The Kier molecular flexibility index (Phi) is 5.05. The number of ether oxygens (including phenoxy) is 3. The maximum absolute atomic E-state index is 12.0. The van der Waals surface area contributed by atoms with Crippen molar-refractivity contribution in [1.82, 2.24) is 5.32 Å². The summed E-state index contributed by atoms with van der Waals surface area (Å²) in [6.45, 7) is 1.70. The molecule has 0 bridgehead atoms. The highest BCUT2D eigenvalue weighted by Crippen LogP contribution is 2.32. The van der Waals surface area contributed by atoms with Crippen LogP contribution in [-0.2, 0) is 11.3 Å². The fourth-order valence-electron chi connectivity index (χ4n) is 2.44. The Balaban J connectivity index is 1.50. The molecule has 6 heteroatoms. The van der Waals surface area contributed by atoms with E-state index in [-0.39, 0.29) is 12.5 Å². The second kappa shape index (κ2) is 7.59. The Morgan fingerprint density at radius 1 is 1.12 bits per heavy atom.